The van der Waals surface area contributed by atoms with Crippen LogP contribution in [0.1, 0.15) is 5.82 Å². The van der Waals surface area contributed by atoms with Gasteiger partial charge < -0.3 is 5.21 Å². The predicted octanol–water partition coefficient (Wildman–Crippen LogP) is -0.982. The molecule has 0 unspecified atom stereocenters. The lowest BCUT2D eigenvalue weighted by molar-refractivity contribution is 0.321. The molecule has 0 atom stereocenters. The Balaban J connectivity index is 2.94. The third-order valence-corrected chi connectivity index (χ3v) is 0.826. The highest BCUT2D eigenvalue weighted by Gasteiger charge is 1.94. The minimum absolute atomic E-state index is 0.414. The molecule has 6 heteroatoms. The standard InChI is InChI=1S/C3H5N5O/c1-8-3(2-4-9)5-6-7-8/h2,9H,1H3/b4-2+. The predicted molar refractivity (Wildman–Crippen MR) is 28.2 cm³/mol. The Morgan fingerprint density at radius 3 is 3.00 bits per heavy atom. The zero-order valence-corrected chi connectivity index (χ0v) is 4.76. The zero-order valence-electron chi connectivity index (χ0n) is 4.76. The first kappa shape index (κ1) is 5.67. The van der Waals surface area contributed by atoms with E-state index in [1.807, 2.05) is 0 Å². The van der Waals surface area contributed by atoms with Gasteiger partial charge >= 0.3 is 0 Å². The highest BCUT2D eigenvalue weighted by molar-refractivity contribution is 5.73. The third-order valence-electron chi connectivity index (χ3n) is 0.826. The summed E-state index contributed by atoms with van der Waals surface area (Å²) in [6.45, 7) is 0. The summed E-state index contributed by atoms with van der Waals surface area (Å²) in [6, 6.07) is 0. The lowest BCUT2D eigenvalue weighted by atomic mass is 10.7. The van der Waals surface area contributed by atoms with Gasteiger partial charge in [-0.3, -0.25) is 0 Å². The van der Waals surface area contributed by atoms with Crippen LogP contribution in [0.25, 0.3) is 0 Å². The van der Waals surface area contributed by atoms with Gasteiger partial charge in [-0.15, -0.1) is 5.10 Å². The van der Waals surface area contributed by atoms with E-state index in [4.69, 9.17) is 5.21 Å². The van der Waals surface area contributed by atoms with Crippen LogP contribution < -0.4 is 0 Å². The molecule has 0 aliphatic carbocycles. The molecule has 0 saturated heterocycles. The van der Waals surface area contributed by atoms with Crippen LogP contribution in [0.4, 0.5) is 0 Å². The normalized spacial score (nSPS) is 10.8. The van der Waals surface area contributed by atoms with Gasteiger partial charge in [0.1, 0.15) is 6.21 Å². The minimum Gasteiger partial charge on any atom is -0.411 e. The quantitative estimate of drug-likeness (QED) is 0.299. The topological polar surface area (TPSA) is 76.2 Å². The molecule has 6 nitrogen and oxygen atoms in total. The maximum absolute atomic E-state index is 8.02. The number of aromatic nitrogens is 4. The Morgan fingerprint density at radius 2 is 2.56 bits per heavy atom. The van der Waals surface area contributed by atoms with Crippen molar-refractivity contribution in [3.8, 4) is 0 Å². The molecule has 0 amide bonds. The number of tetrazole rings is 1. The molecule has 9 heavy (non-hydrogen) atoms. The summed E-state index contributed by atoms with van der Waals surface area (Å²) in [6.07, 6.45) is 1.15. The third kappa shape index (κ3) is 1.01. The van der Waals surface area contributed by atoms with Crippen molar-refractivity contribution in [1.29, 1.82) is 0 Å². The van der Waals surface area contributed by atoms with Crippen molar-refractivity contribution in [3.05, 3.63) is 5.82 Å². The van der Waals surface area contributed by atoms with E-state index in [0.29, 0.717) is 5.82 Å². The van der Waals surface area contributed by atoms with Crippen LogP contribution in [0, 0.1) is 0 Å². The van der Waals surface area contributed by atoms with E-state index in [1.165, 1.54) is 4.68 Å². The molecular weight excluding hydrogens is 122 g/mol. The van der Waals surface area contributed by atoms with Crippen molar-refractivity contribution >= 4 is 6.21 Å². The first-order valence-corrected chi connectivity index (χ1v) is 2.24. The number of oxime groups is 1. The van der Waals surface area contributed by atoms with Crippen molar-refractivity contribution in [1.82, 2.24) is 20.2 Å². The van der Waals surface area contributed by atoms with E-state index < -0.39 is 0 Å². The molecule has 0 aromatic carbocycles. The van der Waals surface area contributed by atoms with E-state index in [1.54, 1.807) is 7.05 Å². The second-order valence-electron chi connectivity index (χ2n) is 1.41. The summed E-state index contributed by atoms with van der Waals surface area (Å²) in [5.74, 6) is 0.414. The molecule has 0 saturated carbocycles. The average Bonchev–Trinajstić information content (AvgIpc) is 2.18. The fraction of sp³-hybridized carbons (Fsp3) is 0.333. The minimum atomic E-state index is 0.414. The van der Waals surface area contributed by atoms with Gasteiger partial charge in [-0.25, -0.2) is 4.68 Å². The van der Waals surface area contributed by atoms with Crippen molar-refractivity contribution in [2.24, 2.45) is 12.2 Å². The van der Waals surface area contributed by atoms with Crippen LogP contribution in [0.3, 0.4) is 0 Å². The van der Waals surface area contributed by atoms with Crippen molar-refractivity contribution in [3.63, 3.8) is 0 Å². The molecule has 0 aliphatic rings. The maximum Gasteiger partial charge on any atom is 0.196 e. The molecule has 0 aliphatic heterocycles. The molecular formula is C3H5N5O. The highest BCUT2D eigenvalue weighted by Crippen LogP contribution is 1.79. The lowest BCUT2D eigenvalue weighted by Gasteiger charge is -1.83. The van der Waals surface area contributed by atoms with Crippen LogP contribution >= 0.6 is 0 Å². The van der Waals surface area contributed by atoms with Gasteiger partial charge in [-0.05, 0) is 10.4 Å². The first-order chi connectivity index (χ1) is 4.34. The molecule has 1 rings (SSSR count). The second-order valence-corrected chi connectivity index (χ2v) is 1.41. The smallest absolute Gasteiger partial charge is 0.196 e. The summed E-state index contributed by atoms with van der Waals surface area (Å²) < 4.78 is 1.39. The van der Waals surface area contributed by atoms with E-state index in [0.717, 1.165) is 6.21 Å². The SMILES string of the molecule is Cn1nnnc1/C=N/O. The molecule has 48 valence electrons. The number of hydrogen-bond donors (Lipinski definition) is 1. The van der Waals surface area contributed by atoms with Crippen molar-refractivity contribution in [2.75, 3.05) is 0 Å². The Hall–Kier alpha value is -1.46. The molecule has 1 heterocycles. The molecule has 1 aromatic rings. The molecule has 0 radical (unpaired) electrons. The van der Waals surface area contributed by atoms with Crippen LogP contribution in [0.15, 0.2) is 5.16 Å². The summed E-state index contributed by atoms with van der Waals surface area (Å²) in [4.78, 5) is 0. The summed E-state index contributed by atoms with van der Waals surface area (Å²) in [5, 5.41) is 21.1. The summed E-state index contributed by atoms with van der Waals surface area (Å²) in [5.41, 5.74) is 0. The number of rotatable bonds is 1. The molecule has 0 bridgehead atoms. The molecule has 1 aromatic heterocycles. The number of hydrogen-bond acceptors (Lipinski definition) is 5. The van der Waals surface area contributed by atoms with Gasteiger partial charge in [-0.2, -0.15) is 0 Å². The van der Waals surface area contributed by atoms with Crippen molar-refractivity contribution in [2.45, 2.75) is 0 Å². The van der Waals surface area contributed by atoms with Crippen molar-refractivity contribution < 1.29 is 5.21 Å². The van der Waals surface area contributed by atoms with Gasteiger partial charge in [0.15, 0.2) is 5.82 Å². The Bertz CT molecular complexity index is 216. The molecule has 1 N–H and O–H groups in total. The van der Waals surface area contributed by atoms with E-state index in [-0.39, 0.29) is 0 Å². The monoisotopic (exact) mass is 127 g/mol. The number of nitrogens with zero attached hydrogens (tertiary/aromatic N) is 5. The maximum atomic E-state index is 8.02. The zero-order chi connectivity index (χ0) is 6.69. The number of aryl methyl sites for hydroxylation is 1. The summed E-state index contributed by atoms with van der Waals surface area (Å²) in [7, 11) is 1.65. The largest absolute Gasteiger partial charge is 0.411 e. The highest BCUT2D eigenvalue weighted by atomic mass is 16.4. The Kier molecular flexibility index (Phi) is 1.39. The Labute approximate surface area is 50.8 Å². The van der Waals surface area contributed by atoms with Crippen LogP contribution in [-0.2, 0) is 7.05 Å². The van der Waals surface area contributed by atoms with Gasteiger partial charge in [0.05, 0.1) is 0 Å². The summed E-state index contributed by atoms with van der Waals surface area (Å²) >= 11 is 0. The van der Waals surface area contributed by atoms with Gasteiger partial charge in [0.25, 0.3) is 0 Å². The van der Waals surface area contributed by atoms with Gasteiger partial charge in [-0.1, -0.05) is 5.16 Å². The lowest BCUT2D eigenvalue weighted by Crippen LogP contribution is -1.97. The van der Waals surface area contributed by atoms with E-state index in [9.17, 15) is 0 Å². The van der Waals surface area contributed by atoms with Crippen LogP contribution in [0.2, 0.25) is 0 Å². The van der Waals surface area contributed by atoms with Crippen LogP contribution in [-0.4, -0.2) is 31.6 Å². The fourth-order valence-corrected chi connectivity index (χ4v) is 0.397. The van der Waals surface area contributed by atoms with Gasteiger partial charge in [0, 0.05) is 7.05 Å². The average molecular weight is 127 g/mol. The van der Waals surface area contributed by atoms with E-state index in [2.05, 4.69) is 20.7 Å². The molecule has 0 fully saturated rings. The second kappa shape index (κ2) is 2.21. The molecule has 0 spiro atoms. The van der Waals surface area contributed by atoms with E-state index >= 15 is 0 Å². The first-order valence-electron chi connectivity index (χ1n) is 2.24. The van der Waals surface area contributed by atoms with Gasteiger partial charge in [0.2, 0.25) is 0 Å². The van der Waals surface area contributed by atoms with Crippen LogP contribution in [0.5, 0.6) is 0 Å². The fourth-order valence-electron chi connectivity index (χ4n) is 0.397. The Morgan fingerprint density at radius 1 is 1.78 bits per heavy atom.